The number of piperazine rings is 1. The Labute approximate surface area is 192 Å². The number of nitrogens with zero attached hydrogens (tertiary/aromatic N) is 4. The van der Waals surface area contributed by atoms with E-state index in [1.807, 2.05) is 20.8 Å². The predicted octanol–water partition coefficient (Wildman–Crippen LogP) is 3.85. The van der Waals surface area contributed by atoms with Crippen molar-refractivity contribution in [2.75, 3.05) is 25.0 Å². The number of nitro groups is 1. The molecule has 1 aromatic heterocycles. The minimum atomic E-state index is -0.950. The van der Waals surface area contributed by atoms with Gasteiger partial charge in [-0.1, -0.05) is 32.4 Å². The molecule has 2 aliphatic rings. The number of halogens is 1. The Morgan fingerprint density at radius 2 is 1.91 bits per heavy atom. The van der Waals surface area contributed by atoms with E-state index >= 15 is 0 Å². The summed E-state index contributed by atoms with van der Waals surface area (Å²) in [5.74, 6) is -0.0539. The first-order valence-electron chi connectivity index (χ1n) is 10.8. The molecule has 1 saturated carbocycles. The van der Waals surface area contributed by atoms with Crippen molar-refractivity contribution in [2.45, 2.75) is 58.5 Å². The van der Waals surface area contributed by atoms with E-state index in [-0.39, 0.29) is 40.2 Å². The molecular formula is C21H30ClN5O5. The number of hydrogen-bond acceptors (Lipinski definition) is 6. The number of pyridine rings is 1. The number of aromatic nitrogens is 1. The van der Waals surface area contributed by atoms with Crippen LogP contribution in [0.3, 0.4) is 0 Å². The normalized spacial score (nSPS) is 24.2. The molecule has 2 N–H and O–H groups in total. The molecular weight excluding hydrogens is 438 g/mol. The second-order valence-electron chi connectivity index (χ2n) is 9.62. The van der Waals surface area contributed by atoms with E-state index < -0.39 is 11.0 Å². The van der Waals surface area contributed by atoms with Crippen LogP contribution < -0.4 is 5.32 Å². The van der Waals surface area contributed by atoms with Crippen LogP contribution in [0.4, 0.5) is 16.2 Å². The SMILES string of the molecule is CC(C)(C)C1CN(C(=O)C2CCC(Nc3cc(Cl)ncc3[N+](=O)[O-])CC2)CCN1C(=O)O. The number of carbonyl (C=O) groups is 2. The average molecular weight is 468 g/mol. The summed E-state index contributed by atoms with van der Waals surface area (Å²) in [4.78, 5) is 42.6. The van der Waals surface area contributed by atoms with E-state index in [4.69, 9.17) is 11.6 Å². The van der Waals surface area contributed by atoms with Gasteiger partial charge in [-0.25, -0.2) is 9.78 Å². The van der Waals surface area contributed by atoms with Crippen molar-refractivity contribution in [1.82, 2.24) is 14.8 Å². The van der Waals surface area contributed by atoms with Crippen LogP contribution in [0.1, 0.15) is 46.5 Å². The predicted molar refractivity (Wildman–Crippen MR) is 120 cm³/mol. The second-order valence-corrected chi connectivity index (χ2v) is 10.0. The molecule has 10 nitrogen and oxygen atoms in total. The maximum atomic E-state index is 13.2. The van der Waals surface area contributed by atoms with Gasteiger partial charge < -0.3 is 20.2 Å². The van der Waals surface area contributed by atoms with Crippen molar-refractivity contribution in [3.05, 3.63) is 27.5 Å². The summed E-state index contributed by atoms with van der Waals surface area (Å²) in [6, 6.07) is 1.20. The summed E-state index contributed by atoms with van der Waals surface area (Å²) in [5.41, 5.74) is -0.0703. The summed E-state index contributed by atoms with van der Waals surface area (Å²) in [6.07, 6.45) is 2.93. The maximum Gasteiger partial charge on any atom is 0.407 e. The minimum absolute atomic E-state index is 0.00222. The lowest BCUT2D eigenvalue weighted by Gasteiger charge is -2.46. The molecule has 0 spiro atoms. The Balaban J connectivity index is 1.60. The monoisotopic (exact) mass is 467 g/mol. The smallest absolute Gasteiger partial charge is 0.407 e. The van der Waals surface area contributed by atoms with E-state index in [9.17, 15) is 24.8 Å². The lowest BCUT2D eigenvalue weighted by atomic mass is 9.82. The summed E-state index contributed by atoms with van der Waals surface area (Å²) < 4.78 is 0. The summed E-state index contributed by atoms with van der Waals surface area (Å²) in [5, 5.41) is 24.1. The highest BCUT2D eigenvalue weighted by molar-refractivity contribution is 6.29. The van der Waals surface area contributed by atoms with Gasteiger partial charge in [0.05, 0.1) is 11.0 Å². The van der Waals surface area contributed by atoms with Crippen LogP contribution in [0.25, 0.3) is 0 Å². The molecule has 32 heavy (non-hydrogen) atoms. The maximum absolute atomic E-state index is 13.2. The molecule has 1 saturated heterocycles. The van der Waals surface area contributed by atoms with E-state index in [2.05, 4.69) is 10.3 Å². The van der Waals surface area contributed by atoms with Gasteiger partial charge in [-0.15, -0.1) is 0 Å². The highest BCUT2D eigenvalue weighted by Crippen LogP contribution is 2.33. The number of rotatable bonds is 4. The average Bonchev–Trinajstić information content (AvgIpc) is 2.72. The molecule has 2 amide bonds. The first-order valence-corrected chi connectivity index (χ1v) is 11.2. The third-order valence-corrected chi connectivity index (χ3v) is 6.63. The van der Waals surface area contributed by atoms with E-state index in [1.165, 1.54) is 11.0 Å². The van der Waals surface area contributed by atoms with E-state index in [1.54, 1.807) is 4.90 Å². The number of carbonyl (C=O) groups excluding carboxylic acids is 1. The highest BCUT2D eigenvalue weighted by Gasteiger charge is 2.41. The van der Waals surface area contributed by atoms with E-state index in [0.717, 1.165) is 6.20 Å². The third-order valence-electron chi connectivity index (χ3n) is 6.42. The molecule has 1 aromatic rings. The zero-order valence-electron chi connectivity index (χ0n) is 18.6. The number of anilines is 1. The van der Waals surface area contributed by atoms with Crippen molar-refractivity contribution >= 4 is 35.0 Å². The van der Waals surface area contributed by atoms with Gasteiger partial charge >= 0.3 is 11.8 Å². The van der Waals surface area contributed by atoms with Gasteiger partial charge in [0.1, 0.15) is 17.0 Å². The lowest BCUT2D eigenvalue weighted by molar-refractivity contribution is -0.384. The Kier molecular flexibility index (Phi) is 7.12. The molecule has 2 fully saturated rings. The standard InChI is InChI=1S/C21H30ClN5O5/c1-21(2,3)17-12-25(8-9-26(17)20(29)30)19(28)13-4-6-14(7-5-13)24-15-10-18(22)23-11-16(15)27(31)32/h10-11,13-14,17H,4-9,12H2,1-3H3,(H,23,24)(H,29,30). The van der Waals surface area contributed by atoms with Crippen LogP contribution in [0.5, 0.6) is 0 Å². The van der Waals surface area contributed by atoms with Crippen LogP contribution in [0.15, 0.2) is 12.3 Å². The zero-order valence-corrected chi connectivity index (χ0v) is 19.3. The van der Waals surface area contributed by atoms with Crippen LogP contribution in [0.2, 0.25) is 5.15 Å². The van der Waals surface area contributed by atoms with Gasteiger partial charge in [0.25, 0.3) is 0 Å². The van der Waals surface area contributed by atoms with Crippen LogP contribution in [-0.2, 0) is 4.79 Å². The number of amides is 2. The van der Waals surface area contributed by atoms with E-state index in [0.29, 0.717) is 51.0 Å². The molecule has 0 radical (unpaired) electrons. The lowest BCUT2D eigenvalue weighted by Crippen LogP contribution is -2.61. The fraction of sp³-hybridized carbons (Fsp3) is 0.667. The minimum Gasteiger partial charge on any atom is -0.465 e. The Morgan fingerprint density at radius 1 is 1.25 bits per heavy atom. The number of nitrogens with one attached hydrogen (secondary N) is 1. The van der Waals surface area contributed by atoms with Gasteiger partial charge in [-0.2, -0.15) is 0 Å². The largest absolute Gasteiger partial charge is 0.465 e. The summed E-state index contributed by atoms with van der Waals surface area (Å²) in [7, 11) is 0. The molecule has 0 bridgehead atoms. The molecule has 1 atom stereocenters. The molecule has 3 rings (SSSR count). The van der Waals surface area contributed by atoms with Crippen molar-refractivity contribution in [3.8, 4) is 0 Å². The van der Waals surface area contributed by atoms with Gasteiger partial charge in [0.15, 0.2) is 0 Å². The first kappa shape index (κ1) is 24.0. The fourth-order valence-electron chi connectivity index (χ4n) is 4.60. The van der Waals surface area contributed by atoms with Crippen molar-refractivity contribution < 1.29 is 19.6 Å². The zero-order chi connectivity index (χ0) is 23.6. The quantitative estimate of drug-likeness (QED) is 0.390. The Hall–Kier alpha value is -2.62. The summed E-state index contributed by atoms with van der Waals surface area (Å²) >= 11 is 5.90. The van der Waals surface area contributed by atoms with Gasteiger partial charge in [-0.3, -0.25) is 14.9 Å². The van der Waals surface area contributed by atoms with Gasteiger partial charge in [-0.05, 0) is 31.1 Å². The van der Waals surface area contributed by atoms with Gasteiger partial charge in [0.2, 0.25) is 5.91 Å². The molecule has 0 aromatic carbocycles. The van der Waals surface area contributed by atoms with Gasteiger partial charge in [0, 0.05) is 37.7 Å². The Morgan fingerprint density at radius 3 is 2.47 bits per heavy atom. The molecule has 2 heterocycles. The van der Waals surface area contributed by atoms with Crippen LogP contribution in [0, 0.1) is 21.4 Å². The van der Waals surface area contributed by atoms with Crippen molar-refractivity contribution in [2.24, 2.45) is 11.3 Å². The highest BCUT2D eigenvalue weighted by atomic mass is 35.5. The van der Waals surface area contributed by atoms with Crippen molar-refractivity contribution in [1.29, 1.82) is 0 Å². The molecule has 1 aliphatic carbocycles. The first-order chi connectivity index (χ1) is 15.0. The fourth-order valence-corrected chi connectivity index (χ4v) is 4.76. The summed E-state index contributed by atoms with van der Waals surface area (Å²) in [6.45, 7) is 7.08. The van der Waals surface area contributed by atoms with Crippen molar-refractivity contribution in [3.63, 3.8) is 0 Å². The third kappa shape index (κ3) is 5.40. The second kappa shape index (κ2) is 9.48. The van der Waals surface area contributed by atoms with Crippen LogP contribution in [-0.4, -0.2) is 68.5 Å². The molecule has 11 heteroatoms. The number of hydrogen-bond donors (Lipinski definition) is 2. The topological polar surface area (TPSA) is 129 Å². The molecule has 176 valence electrons. The van der Waals surface area contributed by atoms with Crippen LogP contribution >= 0.6 is 11.6 Å². The number of carboxylic acid groups (broad SMARTS) is 1. The molecule has 1 aliphatic heterocycles. The molecule has 1 unspecified atom stereocenters. The Bertz CT molecular complexity index is 882.